The van der Waals surface area contributed by atoms with Crippen LogP contribution in [0.4, 0.5) is 20.2 Å². The predicted octanol–water partition coefficient (Wildman–Crippen LogP) is 4.76. The zero-order valence-corrected chi connectivity index (χ0v) is 19.0. The number of anilines is 2. The van der Waals surface area contributed by atoms with Gasteiger partial charge in [-0.25, -0.2) is 26.7 Å². The second kappa shape index (κ2) is 9.02. The van der Waals surface area contributed by atoms with Gasteiger partial charge in [-0.1, -0.05) is 0 Å². The zero-order valence-electron chi connectivity index (χ0n) is 18.2. The van der Waals surface area contributed by atoms with Crippen molar-refractivity contribution in [2.45, 2.75) is 6.92 Å². The largest absolute Gasteiger partial charge is 0.345 e. The van der Waals surface area contributed by atoms with Gasteiger partial charge in [-0.05, 0) is 60.5 Å². The molecule has 11 heteroatoms. The van der Waals surface area contributed by atoms with Gasteiger partial charge in [0, 0.05) is 22.9 Å². The summed E-state index contributed by atoms with van der Waals surface area (Å²) in [5.74, 6) is -1.31. The topological polar surface area (TPSA) is 112 Å². The molecule has 0 radical (unpaired) electrons. The molecule has 174 valence electrons. The van der Waals surface area contributed by atoms with E-state index in [1.807, 2.05) is 6.07 Å². The number of halogens is 2. The minimum Gasteiger partial charge on any atom is -0.345 e. The number of sulfonamides is 1. The number of hydrogen-bond acceptors (Lipinski definition) is 4. The highest BCUT2D eigenvalue weighted by atomic mass is 32.2. The molecule has 3 N–H and O–H groups in total. The van der Waals surface area contributed by atoms with Crippen molar-refractivity contribution in [2.75, 3.05) is 16.3 Å². The second-order valence-electron chi connectivity index (χ2n) is 7.59. The number of aliphatic imine (C=N–C) groups is 1. The summed E-state index contributed by atoms with van der Waals surface area (Å²) < 4.78 is 55.7. The lowest BCUT2D eigenvalue weighted by Gasteiger charge is -2.12. The van der Waals surface area contributed by atoms with Gasteiger partial charge in [0.25, 0.3) is 0 Å². The Labute approximate surface area is 194 Å². The monoisotopic (exact) mass is 482 g/mol. The van der Waals surface area contributed by atoms with Gasteiger partial charge in [-0.3, -0.25) is 10.1 Å². The van der Waals surface area contributed by atoms with E-state index >= 15 is 0 Å². The number of pyridine rings is 1. The van der Waals surface area contributed by atoms with E-state index < -0.39 is 21.7 Å². The Balaban J connectivity index is 1.81. The summed E-state index contributed by atoms with van der Waals surface area (Å²) in [5, 5.41) is 14.6. The third-order valence-corrected chi connectivity index (χ3v) is 5.40. The number of aromatic nitrogens is 2. The molecule has 0 unspecified atom stereocenters. The van der Waals surface area contributed by atoms with E-state index in [2.05, 4.69) is 20.1 Å². The van der Waals surface area contributed by atoms with Crippen molar-refractivity contribution >= 4 is 39.1 Å². The first kappa shape index (κ1) is 23.1. The van der Waals surface area contributed by atoms with Gasteiger partial charge in [0.1, 0.15) is 17.5 Å². The third-order valence-electron chi connectivity index (χ3n) is 4.79. The first-order valence-corrected chi connectivity index (χ1v) is 11.9. The molecule has 0 saturated carbocycles. The third kappa shape index (κ3) is 5.26. The average molecular weight is 483 g/mol. The summed E-state index contributed by atoms with van der Waals surface area (Å²) in [4.78, 5) is 3.85. The van der Waals surface area contributed by atoms with Gasteiger partial charge >= 0.3 is 0 Å². The van der Waals surface area contributed by atoms with E-state index in [1.54, 1.807) is 42.0 Å². The summed E-state index contributed by atoms with van der Waals surface area (Å²) in [6.07, 6.45) is 5.76. The molecule has 2 heterocycles. The lowest BCUT2D eigenvalue weighted by Crippen LogP contribution is -2.09. The quantitative estimate of drug-likeness (QED) is 0.272. The summed E-state index contributed by atoms with van der Waals surface area (Å²) >= 11 is 0. The van der Waals surface area contributed by atoms with Crippen molar-refractivity contribution in [3.05, 3.63) is 72.6 Å². The number of nitrogens with one attached hydrogen (secondary N) is 3. The maximum Gasteiger partial charge on any atom is 0.229 e. The average Bonchev–Trinajstić information content (AvgIpc) is 3.15. The van der Waals surface area contributed by atoms with Crippen LogP contribution in [0.5, 0.6) is 0 Å². The fraction of sp³-hybridized carbons (Fsp3) is 0.0870. The van der Waals surface area contributed by atoms with E-state index in [0.717, 1.165) is 18.4 Å². The maximum absolute atomic E-state index is 14.5. The van der Waals surface area contributed by atoms with Crippen molar-refractivity contribution < 1.29 is 17.2 Å². The van der Waals surface area contributed by atoms with Gasteiger partial charge in [0.15, 0.2) is 0 Å². The van der Waals surface area contributed by atoms with Crippen LogP contribution in [0.1, 0.15) is 6.92 Å². The van der Waals surface area contributed by atoms with E-state index in [1.165, 1.54) is 18.5 Å². The van der Waals surface area contributed by atoms with E-state index in [-0.39, 0.29) is 17.1 Å². The first-order chi connectivity index (χ1) is 16.1. The number of fused-ring (bicyclic) bond motifs is 1. The molecule has 0 bridgehead atoms. The fourth-order valence-corrected chi connectivity index (χ4v) is 3.98. The maximum atomic E-state index is 14.5. The van der Waals surface area contributed by atoms with Gasteiger partial charge in [-0.2, -0.15) is 5.10 Å². The van der Waals surface area contributed by atoms with Crippen LogP contribution in [0.2, 0.25) is 0 Å². The molecule has 0 atom stereocenters. The lowest BCUT2D eigenvalue weighted by atomic mass is 9.98. The Kier molecular flexibility index (Phi) is 6.12. The molecule has 8 nitrogen and oxygen atoms in total. The van der Waals surface area contributed by atoms with Gasteiger partial charge in [0.2, 0.25) is 10.0 Å². The van der Waals surface area contributed by atoms with Crippen LogP contribution >= 0.6 is 0 Å². The minimum absolute atomic E-state index is 0.128. The number of nitrogens with zero attached hydrogens (tertiary/aromatic N) is 3. The molecule has 34 heavy (non-hydrogen) atoms. The van der Waals surface area contributed by atoms with E-state index in [9.17, 15) is 17.2 Å². The van der Waals surface area contributed by atoms with Crippen molar-refractivity contribution in [1.82, 2.24) is 9.61 Å². The normalized spacial score (nSPS) is 11.8. The molecule has 4 aromatic rings. The van der Waals surface area contributed by atoms with Crippen LogP contribution in [0, 0.1) is 17.0 Å². The Morgan fingerprint density at radius 3 is 2.47 bits per heavy atom. The van der Waals surface area contributed by atoms with Crippen LogP contribution in [0.3, 0.4) is 0 Å². The molecule has 0 aliphatic carbocycles. The SMILES string of the molecule is CC(=N)/N=C\Nc1ccc2c(-c3cc(NS(C)(=O)=O)cc(-c4ccc(F)cc4F)c3)cnn2c1. The van der Waals surface area contributed by atoms with Crippen molar-refractivity contribution in [3.8, 4) is 22.3 Å². The Morgan fingerprint density at radius 1 is 1.06 bits per heavy atom. The molecule has 2 aromatic heterocycles. The van der Waals surface area contributed by atoms with Crippen LogP contribution in [0.25, 0.3) is 27.8 Å². The number of amidine groups is 1. The highest BCUT2D eigenvalue weighted by molar-refractivity contribution is 7.92. The summed E-state index contributed by atoms with van der Waals surface area (Å²) in [6, 6.07) is 11.6. The Bertz CT molecular complexity index is 1550. The second-order valence-corrected chi connectivity index (χ2v) is 9.34. The van der Waals surface area contributed by atoms with Crippen LogP contribution in [-0.2, 0) is 10.0 Å². The smallest absolute Gasteiger partial charge is 0.229 e. The zero-order chi connectivity index (χ0) is 24.5. The molecule has 0 fully saturated rings. The van der Waals surface area contributed by atoms with E-state index in [4.69, 9.17) is 5.41 Å². The summed E-state index contributed by atoms with van der Waals surface area (Å²) in [6.45, 7) is 1.56. The summed E-state index contributed by atoms with van der Waals surface area (Å²) in [7, 11) is -3.60. The standard InChI is InChI=1S/C23H20F2N6O2S/c1-14(26)27-13-28-18-4-6-23-21(11-29-31(23)12-18)16-7-15(8-19(9-16)30-34(2,32)33)20-5-3-17(24)10-22(20)25/h3-13,30H,1-2H3,(H2,26,27,28). The van der Waals surface area contributed by atoms with Gasteiger partial charge in [0.05, 0.1) is 36.2 Å². The molecule has 0 amide bonds. The number of hydrogen-bond donors (Lipinski definition) is 3. The molecule has 0 aliphatic heterocycles. The molecule has 4 rings (SSSR count). The van der Waals surface area contributed by atoms with E-state index in [0.29, 0.717) is 27.9 Å². The molecule has 0 spiro atoms. The molecular weight excluding hydrogens is 462 g/mol. The number of benzene rings is 2. The van der Waals surface area contributed by atoms with Crippen LogP contribution < -0.4 is 10.0 Å². The van der Waals surface area contributed by atoms with Crippen LogP contribution in [-0.4, -0.2) is 36.5 Å². The Hall–Kier alpha value is -4.12. The van der Waals surface area contributed by atoms with Gasteiger partial charge in [-0.15, -0.1) is 0 Å². The van der Waals surface area contributed by atoms with Gasteiger partial charge < -0.3 is 5.32 Å². The van der Waals surface area contributed by atoms with Crippen molar-refractivity contribution in [3.63, 3.8) is 0 Å². The minimum atomic E-state index is -3.60. The molecule has 0 saturated heterocycles. The molecular formula is C23H20F2N6O2S. The number of rotatable bonds is 6. The highest BCUT2D eigenvalue weighted by Gasteiger charge is 2.14. The molecule has 2 aromatic carbocycles. The van der Waals surface area contributed by atoms with Crippen molar-refractivity contribution in [2.24, 2.45) is 4.99 Å². The Morgan fingerprint density at radius 2 is 1.79 bits per heavy atom. The first-order valence-electron chi connectivity index (χ1n) is 9.99. The fourth-order valence-electron chi connectivity index (χ4n) is 3.43. The van der Waals surface area contributed by atoms with Crippen molar-refractivity contribution in [1.29, 1.82) is 5.41 Å². The summed E-state index contributed by atoms with van der Waals surface area (Å²) in [5.41, 5.74) is 3.40. The lowest BCUT2D eigenvalue weighted by molar-refractivity contribution is 0.585. The van der Waals surface area contributed by atoms with Crippen LogP contribution in [0.15, 0.2) is 65.9 Å². The predicted molar refractivity (Wildman–Crippen MR) is 130 cm³/mol. The molecule has 0 aliphatic rings. The highest BCUT2D eigenvalue weighted by Crippen LogP contribution is 2.34.